The number of halogens is 1. The normalized spacial score (nSPS) is 16.4. The Morgan fingerprint density at radius 2 is 2.25 bits per heavy atom. The third-order valence-electron chi connectivity index (χ3n) is 2.75. The predicted octanol–water partition coefficient (Wildman–Crippen LogP) is 1.62. The third kappa shape index (κ3) is 1.41. The lowest BCUT2D eigenvalue weighted by atomic mass is 10.0. The number of benzene rings is 1. The fraction of sp³-hybridized carbons (Fsp3) is 0.300. The number of anilines is 1. The molecular weight excluding hydrogens is 274 g/mol. The molecule has 0 unspecified atom stereocenters. The minimum Gasteiger partial charge on any atom is -0.368 e. The Hall–Kier alpha value is -1.43. The van der Waals surface area contributed by atoms with Gasteiger partial charge in [-0.3, -0.25) is 0 Å². The molecule has 1 fully saturated rings. The molecule has 1 aromatic heterocycles. The molecule has 2 aromatic rings. The summed E-state index contributed by atoms with van der Waals surface area (Å²) in [6, 6.07) is 3.82. The standard InChI is InChI=1S/C10H8BrN3O2/c11-7-1-8-10(13-16-12-8)9(2-7)14-3-6(4-14)5-15/h1-2,5-6H,3-4H2. The van der Waals surface area contributed by atoms with Gasteiger partial charge in [-0.2, -0.15) is 0 Å². The van der Waals surface area contributed by atoms with Crippen molar-refractivity contribution < 1.29 is 9.42 Å². The Balaban J connectivity index is 2.03. The van der Waals surface area contributed by atoms with Gasteiger partial charge in [-0.1, -0.05) is 15.9 Å². The molecular formula is C10H8BrN3O2. The van der Waals surface area contributed by atoms with Crippen molar-refractivity contribution in [2.45, 2.75) is 0 Å². The van der Waals surface area contributed by atoms with Crippen LogP contribution in [0.25, 0.3) is 11.0 Å². The molecule has 0 saturated carbocycles. The van der Waals surface area contributed by atoms with Crippen LogP contribution in [0.2, 0.25) is 0 Å². The molecule has 5 nitrogen and oxygen atoms in total. The number of carbonyl (C=O) groups excluding carboxylic acids is 1. The maximum absolute atomic E-state index is 10.6. The van der Waals surface area contributed by atoms with Crippen molar-refractivity contribution in [2.24, 2.45) is 5.92 Å². The number of carbonyl (C=O) groups is 1. The van der Waals surface area contributed by atoms with E-state index in [0.717, 1.165) is 40.6 Å². The first-order valence-corrected chi connectivity index (χ1v) is 5.69. The number of rotatable bonds is 2. The summed E-state index contributed by atoms with van der Waals surface area (Å²) in [4.78, 5) is 12.7. The van der Waals surface area contributed by atoms with Gasteiger partial charge in [0.05, 0.1) is 5.69 Å². The molecule has 0 spiro atoms. The minimum absolute atomic E-state index is 0.133. The molecule has 1 saturated heterocycles. The van der Waals surface area contributed by atoms with E-state index >= 15 is 0 Å². The molecule has 16 heavy (non-hydrogen) atoms. The van der Waals surface area contributed by atoms with Crippen molar-refractivity contribution in [1.82, 2.24) is 10.3 Å². The van der Waals surface area contributed by atoms with Gasteiger partial charge in [0.1, 0.15) is 11.8 Å². The minimum atomic E-state index is 0.133. The highest BCUT2D eigenvalue weighted by atomic mass is 79.9. The van der Waals surface area contributed by atoms with Gasteiger partial charge in [-0.05, 0) is 22.4 Å². The molecule has 82 valence electrons. The Kier molecular flexibility index (Phi) is 2.17. The number of nitrogens with zero attached hydrogens (tertiary/aromatic N) is 3. The van der Waals surface area contributed by atoms with Crippen molar-refractivity contribution in [2.75, 3.05) is 18.0 Å². The van der Waals surface area contributed by atoms with E-state index in [1.54, 1.807) is 0 Å². The maximum Gasteiger partial charge on any atom is 0.158 e. The van der Waals surface area contributed by atoms with Crippen LogP contribution in [0.15, 0.2) is 21.2 Å². The first-order valence-electron chi connectivity index (χ1n) is 4.90. The lowest BCUT2D eigenvalue weighted by Gasteiger charge is -2.38. The lowest BCUT2D eigenvalue weighted by molar-refractivity contribution is -0.111. The molecule has 6 heteroatoms. The molecule has 0 radical (unpaired) electrons. The highest BCUT2D eigenvalue weighted by Gasteiger charge is 2.28. The quantitative estimate of drug-likeness (QED) is 0.783. The van der Waals surface area contributed by atoms with Gasteiger partial charge in [0, 0.05) is 23.5 Å². The molecule has 1 aliphatic rings. The summed E-state index contributed by atoms with van der Waals surface area (Å²) in [7, 11) is 0. The van der Waals surface area contributed by atoms with Crippen molar-refractivity contribution in [3.8, 4) is 0 Å². The number of aromatic nitrogens is 2. The van der Waals surface area contributed by atoms with Crippen LogP contribution < -0.4 is 4.90 Å². The van der Waals surface area contributed by atoms with Crippen molar-refractivity contribution in [3.05, 3.63) is 16.6 Å². The summed E-state index contributed by atoms with van der Waals surface area (Å²) < 4.78 is 5.65. The van der Waals surface area contributed by atoms with Gasteiger partial charge >= 0.3 is 0 Å². The van der Waals surface area contributed by atoms with Crippen LogP contribution in [0.4, 0.5) is 5.69 Å². The van der Waals surface area contributed by atoms with Crippen LogP contribution >= 0.6 is 15.9 Å². The smallest absolute Gasteiger partial charge is 0.158 e. The molecule has 1 aliphatic heterocycles. The first kappa shape index (κ1) is 9.77. The molecule has 3 rings (SSSR count). The van der Waals surface area contributed by atoms with Gasteiger partial charge in [-0.25, -0.2) is 4.63 Å². The molecule has 2 heterocycles. The van der Waals surface area contributed by atoms with Crippen LogP contribution in [-0.2, 0) is 4.79 Å². The summed E-state index contributed by atoms with van der Waals surface area (Å²) >= 11 is 3.42. The summed E-state index contributed by atoms with van der Waals surface area (Å²) in [6.45, 7) is 1.48. The largest absolute Gasteiger partial charge is 0.368 e. The Morgan fingerprint density at radius 1 is 1.44 bits per heavy atom. The molecule has 0 atom stereocenters. The SMILES string of the molecule is O=CC1CN(c2cc(Br)cc3nonc23)C1. The maximum atomic E-state index is 10.6. The Labute approximate surface area is 99.5 Å². The number of fused-ring (bicyclic) bond motifs is 1. The Morgan fingerprint density at radius 3 is 3.00 bits per heavy atom. The van der Waals surface area contributed by atoms with Crippen LogP contribution in [0, 0.1) is 5.92 Å². The van der Waals surface area contributed by atoms with Crippen LogP contribution in [0.3, 0.4) is 0 Å². The highest BCUT2D eigenvalue weighted by molar-refractivity contribution is 9.10. The van der Waals surface area contributed by atoms with E-state index in [-0.39, 0.29) is 5.92 Å². The molecule has 0 aliphatic carbocycles. The van der Waals surface area contributed by atoms with Crippen LogP contribution in [0.1, 0.15) is 0 Å². The fourth-order valence-corrected chi connectivity index (χ4v) is 2.31. The predicted molar refractivity (Wildman–Crippen MR) is 61.3 cm³/mol. The van der Waals surface area contributed by atoms with Crippen LogP contribution in [0.5, 0.6) is 0 Å². The zero-order valence-corrected chi connectivity index (χ0v) is 9.85. The van der Waals surface area contributed by atoms with Gasteiger partial charge < -0.3 is 9.69 Å². The molecule has 0 amide bonds. The molecule has 0 bridgehead atoms. The summed E-state index contributed by atoms with van der Waals surface area (Å²) in [5.41, 5.74) is 2.43. The van der Waals surface area contributed by atoms with Crippen molar-refractivity contribution >= 4 is 38.9 Å². The van der Waals surface area contributed by atoms with Crippen LogP contribution in [-0.4, -0.2) is 29.7 Å². The van der Waals surface area contributed by atoms with Gasteiger partial charge in [0.25, 0.3) is 0 Å². The zero-order chi connectivity index (χ0) is 11.1. The van der Waals surface area contributed by atoms with E-state index < -0.39 is 0 Å². The molecule has 0 N–H and O–H groups in total. The van der Waals surface area contributed by atoms with E-state index in [1.165, 1.54) is 0 Å². The lowest BCUT2D eigenvalue weighted by Crippen LogP contribution is -2.47. The topological polar surface area (TPSA) is 59.2 Å². The number of hydrogen-bond acceptors (Lipinski definition) is 5. The van der Waals surface area contributed by atoms with Crippen molar-refractivity contribution in [3.63, 3.8) is 0 Å². The van der Waals surface area contributed by atoms with Crippen molar-refractivity contribution in [1.29, 1.82) is 0 Å². The average Bonchev–Trinajstić information content (AvgIpc) is 2.63. The van der Waals surface area contributed by atoms with E-state index in [1.807, 2.05) is 12.1 Å². The summed E-state index contributed by atoms with van der Waals surface area (Å²) in [5.74, 6) is 0.133. The van der Waals surface area contributed by atoms with E-state index in [4.69, 9.17) is 4.63 Å². The molecule has 1 aromatic carbocycles. The van der Waals surface area contributed by atoms with Gasteiger partial charge in [-0.15, -0.1) is 0 Å². The summed E-state index contributed by atoms with van der Waals surface area (Å²) in [5, 5.41) is 7.68. The fourth-order valence-electron chi connectivity index (χ4n) is 1.88. The van der Waals surface area contributed by atoms with E-state index in [0.29, 0.717) is 0 Å². The van der Waals surface area contributed by atoms with Gasteiger partial charge in [0.15, 0.2) is 5.52 Å². The third-order valence-corrected chi connectivity index (χ3v) is 3.21. The van der Waals surface area contributed by atoms with Gasteiger partial charge in [0.2, 0.25) is 0 Å². The monoisotopic (exact) mass is 281 g/mol. The second-order valence-electron chi connectivity index (χ2n) is 3.86. The first-order chi connectivity index (χ1) is 7.78. The Bertz CT molecular complexity index is 548. The highest BCUT2D eigenvalue weighted by Crippen LogP contribution is 2.32. The van der Waals surface area contributed by atoms with E-state index in [9.17, 15) is 4.79 Å². The zero-order valence-electron chi connectivity index (χ0n) is 8.26. The average molecular weight is 282 g/mol. The van der Waals surface area contributed by atoms with E-state index in [2.05, 4.69) is 31.1 Å². The number of hydrogen-bond donors (Lipinski definition) is 0. The second kappa shape index (κ2) is 3.55. The number of aldehydes is 1. The summed E-state index contributed by atoms with van der Waals surface area (Å²) in [6.07, 6.45) is 0.993. The second-order valence-corrected chi connectivity index (χ2v) is 4.77.